The van der Waals surface area contributed by atoms with Crippen LogP contribution in [0.15, 0.2) is 269 Å². The van der Waals surface area contributed by atoms with Gasteiger partial charge in [-0.05, 0) is 288 Å². The van der Waals surface area contributed by atoms with E-state index >= 15 is 0 Å². The molecule has 0 atom stereocenters. The number of esters is 1. The molecule has 0 bridgehead atoms. The fraction of sp³-hybridized carbons (Fsp3) is 0.190. The summed E-state index contributed by atoms with van der Waals surface area (Å²) in [7, 11) is -0.917. The summed E-state index contributed by atoms with van der Waals surface area (Å²) in [5, 5.41) is 59.0. The van der Waals surface area contributed by atoms with Crippen LogP contribution in [0.2, 0.25) is 0 Å². The summed E-state index contributed by atoms with van der Waals surface area (Å²) in [6, 6.07) is 44.6. The van der Waals surface area contributed by atoms with Gasteiger partial charge in [0.2, 0.25) is 5.78 Å². The van der Waals surface area contributed by atoms with E-state index in [0.717, 1.165) is 117 Å². The quantitative estimate of drug-likeness (QED) is 0.0133. The molecule has 49 heteroatoms. The van der Waals surface area contributed by atoms with E-state index in [0.29, 0.717) is 45.1 Å². The zero-order valence-electron chi connectivity index (χ0n) is 78.8. The van der Waals surface area contributed by atoms with Gasteiger partial charge in [-0.15, -0.1) is 0 Å². The van der Waals surface area contributed by atoms with Gasteiger partial charge < -0.3 is 79.6 Å². The van der Waals surface area contributed by atoms with Gasteiger partial charge in [0.15, 0.2) is 22.9 Å². The molecule has 28 nitrogen and oxygen atoms in total. The lowest BCUT2D eigenvalue weighted by molar-refractivity contribution is -0.152. The Morgan fingerprint density at radius 2 is 0.826 bits per heavy atom. The number of hydrogen-bond acceptors (Lipinski definition) is 20. The number of carbonyl (C=O) groups is 6. The first-order chi connectivity index (χ1) is 70.4. The van der Waals surface area contributed by atoms with Crippen molar-refractivity contribution in [2.45, 2.75) is 105 Å². The molecule has 0 unspecified atom stereocenters. The van der Waals surface area contributed by atoms with E-state index in [1.165, 1.54) is 83.4 Å². The lowest BCUT2D eigenvalue weighted by Crippen LogP contribution is -2.41. The SMILES string of the molecule is BrBr.CC(=O)O.CC1(C)OB(c2ccc(C(F)(F)F)c(C(=O)Nc3ccc(F)cc3)c2)OC1(C)C.CCO.CCOC(=O)C(=O)CBr.Nc1ncccc1Br.O=C(Nc1ccc(F)cc1)c1cc(-c2cccn3c(-c4cccc(F)c4F)c(CO)nc23)ccc1C(F)(F)F.O=C(Nc1ccc(F)cc1)c1cc(-c2cccn3cc(CO)nc23)ccc1C(F)(F)F.OCc1cn2cccc(Br)c2n1.OCc1cn2cccc(Br)c2n1. The maximum absolute atomic E-state index is 14.7. The van der Waals surface area contributed by atoms with Crippen LogP contribution in [0.5, 0.6) is 0 Å². The first kappa shape index (κ1) is 121. The largest absolute Gasteiger partial charge is 0.494 e. The summed E-state index contributed by atoms with van der Waals surface area (Å²) >= 11 is 18.3. The van der Waals surface area contributed by atoms with Crippen molar-refractivity contribution < 1.29 is 135 Å². The van der Waals surface area contributed by atoms with Crippen molar-refractivity contribution >= 4 is 185 Å². The number of aliphatic hydroxyl groups excluding tert-OH is 5. The standard InChI is InChI=1S/C28H17F6N3O2.C22H15F4N3O2.C20H20BF4NO3.2C8H7BrN2O.C5H5BrN2.C5H7BrO3.C2H4O2.C2H6O.Br2/c29-16-7-9-17(10-8-16)35-27(39)20-13-15(6-11-21(20)28(32,33)34)18-4-2-12-37-25(23(14-38)36-26(18)37)19-3-1-5-22(30)24(19)31;23-14-4-6-15(7-5-14)28-21(31)18-10-13(3-8-19(18)22(24,25)26)17-2-1-9-29-11-16(12-30)27-20(17)29;1-18(2)19(3,4)29-21(28-18)12-5-10-16(20(23,24)25)15(11-12)17(27)26-14-8-6-13(22)7-9-14;2*9-7-2-1-3-11-4-6(5-12)10-8(7)11;6-4-2-1-3-8-5(4)7;1-2-9-5(8)4(7)3-6;1-2(3)4;1-2-3;1-2/h1-13,38H,14H2,(H,35,39);1-11,30H,12H2,(H,28,31);5-11H,1-4H3,(H,26,27);2*1-4,12H,5H2;1-3H,(H2,7,8);2-3H2,1H3;1H3,(H,3,4);3H,2H2,1H3;. The van der Waals surface area contributed by atoms with E-state index in [9.17, 15) is 95.7 Å². The molecule has 0 saturated carbocycles. The Hall–Kier alpha value is -13.0. The zero-order chi connectivity index (χ0) is 110. The average molecular weight is 2470 g/mol. The molecule has 11 N–H and O–H groups in total. The maximum Gasteiger partial charge on any atom is 0.494 e. The minimum atomic E-state index is -4.86. The van der Waals surface area contributed by atoms with Crippen molar-refractivity contribution in [2.75, 3.05) is 40.2 Å². The van der Waals surface area contributed by atoms with Crippen molar-refractivity contribution in [1.82, 2.24) is 42.5 Å². The van der Waals surface area contributed by atoms with Crippen molar-refractivity contribution in [1.29, 1.82) is 0 Å². The Kier molecular flexibility index (Phi) is 45.1. The number of nitrogens with one attached hydrogen (secondary N) is 3. The molecule has 149 heavy (non-hydrogen) atoms. The highest BCUT2D eigenvalue weighted by atomic mass is 80.9. The van der Waals surface area contributed by atoms with Crippen molar-refractivity contribution in [3.63, 3.8) is 0 Å². The molecule has 786 valence electrons. The van der Waals surface area contributed by atoms with Gasteiger partial charge in [0.1, 0.15) is 34.6 Å². The second-order valence-electron chi connectivity index (χ2n) is 31.6. The molecule has 1 fully saturated rings. The minimum Gasteiger partial charge on any atom is -0.481 e. The van der Waals surface area contributed by atoms with Crippen LogP contribution in [0.1, 0.15) is 119 Å². The molecule has 7 aromatic carbocycles. The van der Waals surface area contributed by atoms with Crippen LogP contribution < -0.4 is 27.1 Å². The van der Waals surface area contributed by atoms with Gasteiger partial charge in [0.05, 0.1) is 125 Å². The summed E-state index contributed by atoms with van der Waals surface area (Å²) in [6.45, 7) is 11.2. The number of aromatic nitrogens is 9. The molecule has 1 aliphatic heterocycles. The molecule has 0 spiro atoms. The fourth-order valence-corrected chi connectivity index (χ4v) is 14.6. The maximum atomic E-state index is 14.7. The van der Waals surface area contributed by atoms with Gasteiger partial charge in [-0.2, -0.15) is 39.5 Å². The number of Topliss-reactive ketones (excluding diaryl/α,β-unsaturated/α-hetero) is 1. The number of carboxylic acids is 1. The number of hydrogen-bond donors (Lipinski definition) is 10. The summed E-state index contributed by atoms with van der Waals surface area (Å²) in [4.78, 5) is 88.8. The highest BCUT2D eigenvalue weighted by Crippen LogP contribution is 2.42. The number of anilines is 4. The number of ketones is 1. The lowest BCUT2D eigenvalue weighted by Gasteiger charge is -2.32. The third-order valence-corrected chi connectivity index (χ3v) is 23.1. The summed E-state index contributed by atoms with van der Waals surface area (Å²) < 4.78 is 216. The number of halogens is 20. The van der Waals surface area contributed by atoms with E-state index in [2.05, 4.69) is 138 Å². The monoisotopic (exact) mass is 2460 g/mol. The molecular weight excluding hydrogens is 2380 g/mol. The molecule has 10 heterocycles. The third kappa shape index (κ3) is 33.5. The van der Waals surface area contributed by atoms with Gasteiger partial charge >= 0.3 is 31.6 Å². The number of aliphatic hydroxyl groups is 5. The number of benzene rings is 7. The molecule has 0 radical (unpaired) electrons. The number of nitrogen functional groups attached to an aromatic ring is 1. The molecule has 1 aliphatic rings. The number of amides is 3. The van der Waals surface area contributed by atoms with Gasteiger partial charge in [-0.1, -0.05) is 40.2 Å². The fourth-order valence-electron chi connectivity index (χ4n) is 13.3. The number of nitrogens with two attached hydrogens (primary N) is 1. The second kappa shape index (κ2) is 55.5. The molecule has 17 rings (SSSR count). The second-order valence-corrected chi connectivity index (χ2v) is 34.7. The first-order valence-electron chi connectivity index (χ1n) is 43.3. The zero-order valence-corrected chi connectivity index (χ0v) is 88.3. The van der Waals surface area contributed by atoms with Crippen LogP contribution in [0.3, 0.4) is 0 Å². The van der Waals surface area contributed by atoms with Crippen LogP contribution in [-0.2, 0) is 73.4 Å². The molecule has 16 aromatic rings. The van der Waals surface area contributed by atoms with Crippen molar-refractivity contribution in [3.05, 3.63) is 354 Å². The van der Waals surface area contributed by atoms with Crippen LogP contribution >= 0.6 is 92.0 Å². The van der Waals surface area contributed by atoms with Crippen LogP contribution in [0, 0.1) is 29.1 Å². The summed E-state index contributed by atoms with van der Waals surface area (Å²) in [5.41, 5.74) is 4.63. The van der Waals surface area contributed by atoms with Crippen molar-refractivity contribution in [2.24, 2.45) is 0 Å². The topological polar surface area (TPSA) is 396 Å². The minimum absolute atomic E-state index is 0.00754. The van der Waals surface area contributed by atoms with Crippen LogP contribution in [0.25, 0.3) is 56.1 Å². The normalized spacial score (nSPS) is 12.1. The number of ether oxygens (including phenoxy) is 1. The van der Waals surface area contributed by atoms with Crippen LogP contribution in [-0.4, -0.2) is 145 Å². The average Bonchev–Trinajstić information content (AvgIpc) is 1.61. The number of carboxylic acid groups (broad SMARTS) is 1. The van der Waals surface area contributed by atoms with Gasteiger partial charge in [-0.3, -0.25) is 28.4 Å². The number of pyridine rings is 5. The van der Waals surface area contributed by atoms with Crippen molar-refractivity contribution in [3.8, 4) is 33.5 Å². The number of fused-ring (bicyclic) bond motifs is 4. The molecular formula is C100H88BBr6F14N13O15. The third-order valence-electron chi connectivity index (χ3n) is 20.7. The summed E-state index contributed by atoms with van der Waals surface area (Å²) in [5.74, 6) is -8.56. The number of rotatable bonds is 17. The predicted octanol–water partition coefficient (Wildman–Crippen LogP) is 23.0. The van der Waals surface area contributed by atoms with E-state index < -0.39 is 141 Å². The Morgan fingerprint density at radius 3 is 1.19 bits per heavy atom. The Morgan fingerprint density at radius 1 is 0.463 bits per heavy atom. The summed E-state index contributed by atoms with van der Waals surface area (Å²) in [6.07, 6.45) is -0.515. The van der Waals surface area contributed by atoms with E-state index in [-0.39, 0.29) is 89.2 Å². The Bertz CT molecular complexity index is 7200. The van der Waals surface area contributed by atoms with E-state index in [4.69, 9.17) is 40.3 Å². The van der Waals surface area contributed by atoms with E-state index in [1.54, 1.807) is 61.4 Å². The van der Waals surface area contributed by atoms with Crippen LogP contribution in [0.4, 0.5) is 84.3 Å². The highest BCUT2D eigenvalue weighted by molar-refractivity contribution is 9.93. The lowest BCUT2D eigenvalue weighted by atomic mass is 9.77. The van der Waals surface area contributed by atoms with Gasteiger partial charge in [0.25, 0.3) is 23.7 Å². The molecule has 9 aromatic heterocycles. The highest BCUT2D eigenvalue weighted by Gasteiger charge is 2.52. The molecule has 1 saturated heterocycles. The number of imidazole rings is 4. The van der Waals surface area contributed by atoms with Gasteiger partial charge in [0, 0.05) is 125 Å². The number of carbonyl (C=O) groups excluding carboxylic acids is 5. The number of alkyl halides is 10. The molecule has 0 aliphatic carbocycles. The van der Waals surface area contributed by atoms with Gasteiger partial charge in [-0.25, -0.2) is 51.7 Å². The molecule has 3 amide bonds. The first-order valence-corrected chi connectivity index (χ1v) is 50.5. The Balaban J connectivity index is 0.000000222. The predicted molar refractivity (Wildman–Crippen MR) is 552 cm³/mol. The Labute approximate surface area is 889 Å². The number of nitrogens with zero attached hydrogens (tertiary/aromatic N) is 9. The number of aliphatic carboxylic acids is 1. The van der Waals surface area contributed by atoms with E-state index in [1.807, 2.05) is 85.3 Å². The smallest absolute Gasteiger partial charge is 0.481 e.